The van der Waals surface area contributed by atoms with Crippen LogP contribution in [0.15, 0.2) is 29.3 Å². The summed E-state index contributed by atoms with van der Waals surface area (Å²) in [5.74, 6) is 1.41. The zero-order chi connectivity index (χ0) is 21.5. The average molecular weight is 433 g/mol. The first-order chi connectivity index (χ1) is 14.5. The number of nitrogens with zero attached hydrogens (tertiary/aromatic N) is 2. The fraction of sp³-hybridized carbons (Fsp3) is 0.652. The number of benzene rings is 1. The lowest BCUT2D eigenvalue weighted by Crippen LogP contribution is -2.51. The number of carbonyl (C=O) groups excluding carboxylic acids is 1. The zero-order valence-electron chi connectivity index (χ0n) is 18.5. The van der Waals surface area contributed by atoms with Crippen molar-refractivity contribution >= 4 is 22.7 Å². The van der Waals surface area contributed by atoms with Crippen molar-refractivity contribution < 1.29 is 9.00 Å². The van der Waals surface area contributed by atoms with Gasteiger partial charge in [-0.25, -0.2) is 4.99 Å². The molecular formula is C23H36N4O2S. The quantitative estimate of drug-likeness (QED) is 0.534. The van der Waals surface area contributed by atoms with Crippen LogP contribution < -0.4 is 10.6 Å². The zero-order valence-corrected chi connectivity index (χ0v) is 19.3. The molecule has 166 valence electrons. The molecule has 0 aromatic heterocycles. The summed E-state index contributed by atoms with van der Waals surface area (Å²) in [6.07, 6.45) is 7.13. The Morgan fingerprint density at radius 3 is 2.60 bits per heavy atom. The van der Waals surface area contributed by atoms with Crippen molar-refractivity contribution in [2.75, 3.05) is 26.4 Å². The molecule has 4 atom stereocenters. The number of rotatable bonds is 6. The highest BCUT2D eigenvalue weighted by molar-refractivity contribution is 7.85. The maximum atomic E-state index is 12.3. The lowest BCUT2D eigenvalue weighted by molar-refractivity contribution is -0.127. The largest absolute Gasteiger partial charge is 0.354 e. The van der Waals surface area contributed by atoms with E-state index in [1.54, 1.807) is 19.0 Å². The lowest BCUT2D eigenvalue weighted by atomic mass is 9.88. The van der Waals surface area contributed by atoms with E-state index in [1.165, 1.54) is 11.1 Å². The number of fused-ring (bicyclic) bond motifs is 1. The molecule has 0 radical (unpaired) electrons. The highest BCUT2D eigenvalue weighted by atomic mass is 32.2. The molecular weight excluding hydrogens is 396 g/mol. The van der Waals surface area contributed by atoms with Gasteiger partial charge in [0.2, 0.25) is 5.91 Å². The van der Waals surface area contributed by atoms with Gasteiger partial charge in [-0.3, -0.25) is 9.00 Å². The monoisotopic (exact) mass is 432 g/mol. The van der Waals surface area contributed by atoms with Gasteiger partial charge in [0.05, 0.1) is 0 Å². The van der Waals surface area contributed by atoms with Crippen molar-refractivity contribution in [3.05, 3.63) is 35.4 Å². The SMILES string of the molecule is CCS(=O)C1CCCC(NC(=NCC(=O)N(C)C)NC2CCc3ccccc3C2)C1. The Labute approximate surface area is 183 Å². The van der Waals surface area contributed by atoms with E-state index in [4.69, 9.17) is 0 Å². The molecule has 1 saturated carbocycles. The van der Waals surface area contributed by atoms with Gasteiger partial charge in [0.15, 0.2) is 5.96 Å². The van der Waals surface area contributed by atoms with E-state index in [-0.39, 0.29) is 23.7 Å². The average Bonchev–Trinajstić information content (AvgIpc) is 2.76. The molecule has 1 aromatic carbocycles. The third kappa shape index (κ3) is 6.30. The standard InChI is InChI=1S/C23H36N4O2S/c1-4-30(29)21-11-7-10-19(15-21)25-23(24-16-22(28)27(2)3)26-20-13-12-17-8-5-6-9-18(17)14-20/h5-6,8-9,19-21H,4,7,10-16H2,1-3H3,(H2,24,25,26). The highest BCUT2D eigenvalue weighted by Crippen LogP contribution is 2.24. The number of hydrogen-bond acceptors (Lipinski definition) is 3. The number of guanidine groups is 1. The van der Waals surface area contributed by atoms with E-state index < -0.39 is 10.8 Å². The first-order valence-corrected chi connectivity index (χ1v) is 12.6. The van der Waals surface area contributed by atoms with Crippen LogP contribution in [0.3, 0.4) is 0 Å². The second-order valence-electron chi connectivity index (χ2n) is 8.61. The molecule has 4 unspecified atom stereocenters. The molecule has 7 heteroatoms. The predicted molar refractivity (Wildman–Crippen MR) is 124 cm³/mol. The van der Waals surface area contributed by atoms with E-state index in [2.05, 4.69) is 39.9 Å². The number of amides is 1. The molecule has 30 heavy (non-hydrogen) atoms. The molecule has 1 amide bonds. The molecule has 1 aromatic rings. The first kappa shape index (κ1) is 22.8. The van der Waals surface area contributed by atoms with Gasteiger partial charge in [-0.15, -0.1) is 0 Å². The second kappa shape index (κ2) is 10.9. The van der Waals surface area contributed by atoms with Gasteiger partial charge in [-0.1, -0.05) is 37.6 Å². The number of carbonyl (C=O) groups is 1. The van der Waals surface area contributed by atoms with Crippen molar-refractivity contribution in [1.82, 2.24) is 15.5 Å². The smallest absolute Gasteiger partial charge is 0.243 e. The van der Waals surface area contributed by atoms with Crippen molar-refractivity contribution in [2.24, 2.45) is 4.99 Å². The van der Waals surface area contributed by atoms with Gasteiger partial charge < -0.3 is 15.5 Å². The van der Waals surface area contributed by atoms with Gasteiger partial charge in [-0.2, -0.15) is 0 Å². The summed E-state index contributed by atoms with van der Waals surface area (Å²) in [6.45, 7) is 2.12. The van der Waals surface area contributed by atoms with Crippen molar-refractivity contribution in [1.29, 1.82) is 0 Å². The van der Waals surface area contributed by atoms with Crippen LogP contribution in [0.1, 0.15) is 50.2 Å². The van der Waals surface area contributed by atoms with Crippen LogP contribution in [-0.2, 0) is 28.4 Å². The number of nitrogens with one attached hydrogen (secondary N) is 2. The third-order valence-corrected chi connectivity index (χ3v) is 7.92. The molecule has 0 bridgehead atoms. The second-order valence-corrected chi connectivity index (χ2v) is 10.6. The molecule has 2 N–H and O–H groups in total. The molecule has 0 spiro atoms. The van der Waals surface area contributed by atoms with Gasteiger partial charge in [-0.05, 0) is 49.7 Å². The van der Waals surface area contributed by atoms with E-state index >= 15 is 0 Å². The van der Waals surface area contributed by atoms with E-state index in [0.717, 1.165) is 50.7 Å². The molecule has 0 saturated heterocycles. The van der Waals surface area contributed by atoms with E-state index in [0.29, 0.717) is 12.0 Å². The number of aryl methyl sites for hydroxylation is 1. The molecule has 2 aliphatic rings. The summed E-state index contributed by atoms with van der Waals surface area (Å²) in [5.41, 5.74) is 2.82. The Bertz CT molecular complexity index is 780. The van der Waals surface area contributed by atoms with Crippen LogP contribution in [0.5, 0.6) is 0 Å². The summed E-state index contributed by atoms with van der Waals surface area (Å²) in [6, 6.07) is 9.16. The molecule has 0 aliphatic heterocycles. The minimum atomic E-state index is -0.758. The molecule has 0 heterocycles. The summed E-state index contributed by atoms with van der Waals surface area (Å²) in [5, 5.41) is 7.41. The van der Waals surface area contributed by atoms with Gasteiger partial charge in [0, 0.05) is 48.0 Å². The van der Waals surface area contributed by atoms with E-state index in [1.807, 2.05) is 6.92 Å². The van der Waals surface area contributed by atoms with Crippen LogP contribution in [0.4, 0.5) is 0 Å². The van der Waals surface area contributed by atoms with Gasteiger partial charge in [0.25, 0.3) is 0 Å². The van der Waals surface area contributed by atoms with E-state index in [9.17, 15) is 9.00 Å². The molecule has 2 aliphatic carbocycles. The van der Waals surface area contributed by atoms with Crippen LogP contribution in [0, 0.1) is 0 Å². The Balaban J connectivity index is 1.67. The van der Waals surface area contributed by atoms with Crippen molar-refractivity contribution in [3.63, 3.8) is 0 Å². The Morgan fingerprint density at radius 2 is 1.87 bits per heavy atom. The number of likely N-dealkylation sites (N-methyl/N-ethyl adjacent to an activating group) is 1. The topological polar surface area (TPSA) is 73.8 Å². The van der Waals surface area contributed by atoms with Gasteiger partial charge in [0.1, 0.15) is 6.54 Å². The van der Waals surface area contributed by atoms with Crippen molar-refractivity contribution in [3.8, 4) is 0 Å². The summed E-state index contributed by atoms with van der Waals surface area (Å²) in [4.78, 5) is 18.3. The Hall–Kier alpha value is -1.89. The molecule has 1 fully saturated rings. The molecule has 6 nitrogen and oxygen atoms in total. The summed E-state index contributed by atoms with van der Waals surface area (Å²) >= 11 is 0. The van der Waals surface area contributed by atoms with Crippen LogP contribution in [0.25, 0.3) is 0 Å². The number of aliphatic imine (C=N–C) groups is 1. The Morgan fingerprint density at radius 1 is 1.13 bits per heavy atom. The first-order valence-electron chi connectivity index (χ1n) is 11.2. The van der Waals surface area contributed by atoms with Crippen LogP contribution in [-0.4, -0.2) is 64.7 Å². The lowest BCUT2D eigenvalue weighted by Gasteiger charge is -2.32. The third-order valence-electron chi connectivity index (χ3n) is 6.18. The normalized spacial score (nSPS) is 25.2. The highest BCUT2D eigenvalue weighted by Gasteiger charge is 2.27. The summed E-state index contributed by atoms with van der Waals surface area (Å²) in [7, 11) is 2.75. The van der Waals surface area contributed by atoms with Gasteiger partial charge >= 0.3 is 0 Å². The maximum Gasteiger partial charge on any atom is 0.243 e. The predicted octanol–water partition coefficient (Wildman–Crippen LogP) is 2.25. The minimum Gasteiger partial charge on any atom is -0.354 e. The molecule has 3 rings (SSSR count). The van der Waals surface area contributed by atoms with Crippen molar-refractivity contribution in [2.45, 2.75) is 69.2 Å². The maximum absolute atomic E-state index is 12.3. The summed E-state index contributed by atoms with van der Waals surface area (Å²) < 4.78 is 12.3. The Kier molecular flexibility index (Phi) is 8.31. The fourth-order valence-corrected chi connectivity index (χ4v) is 5.73. The van der Waals surface area contributed by atoms with Crippen LogP contribution >= 0.6 is 0 Å². The van der Waals surface area contributed by atoms with Crippen LogP contribution in [0.2, 0.25) is 0 Å². The minimum absolute atomic E-state index is 0.0151. The number of hydrogen-bond donors (Lipinski definition) is 2. The fourth-order valence-electron chi connectivity index (χ4n) is 4.38.